The number of halogens is 1. The summed E-state index contributed by atoms with van der Waals surface area (Å²) in [6.45, 7) is 1.59. The first-order valence-electron chi connectivity index (χ1n) is 6.07. The highest BCUT2D eigenvalue weighted by atomic mass is 35.5. The van der Waals surface area contributed by atoms with E-state index in [4.69, 9.17) is 17.3 Å². The van der Waals surface area contributed by atoms with Crippen LogP contribution in [0.1, 0.15) is 12.8 Å². The fraction of sp³-hybridized carbons (Fsp3) is 0.462. The highest BCUT2D eigenvalue weighted by Crippen LogP contribution is 2.21. The predicted octanol–water partition coefficient (Wildman–Crippen LogP) is 2.38. The monoisotopic (exact) mass is 284 g/mol. The van der Waals surface area contributed by atoms with Crippen LogP contribution in [-0.4, -0.2) is 35.7 Å². The van der Waals surface area contributed by atoms with Crippen LogP contribution < -0.4 is 5.73 Å². The average molecular weight is 285 g/mol. The fourth-order valence-electron chi connectivity index (χ4n) is 1.92. The van der Waals surface area contributed by atoms with Gasteiger partial charge < -0.3 is 10.6 Å². The lowest BCUT2D eigenvalue weighted by Gasteiger charge is -2.30. The summed E-state index contributed by atoms with van der Waals surface area (Å²) in [5, 5.41) is 0.718. The number of nitrogens with two attached hydrogens (primary N) is 1. The average Bonchev–Trinajstić information content (AvgIpc) is 2.38. The molecule has 5 heteroatoms. The third kappa shape index (κ3) is 3.90. The smallest absolute Gasteiger partial charge is 0.232 e. The molecule has 18 heavy (non-hydrogen) atoms. The maximum atomic E-state index is 12.0. The summed E-state index contributed by atoms with van der Waals surface area (Å²) in [5.41, 5.74) is 5.82. The lowest BCUT2D eigenvalue weighted by Crippen LogP contribution is -2.43. The van der Waals surface area contributed by atoms with Crippen LogP contribution in [-0.2, 0) is 4.79 Å². The zero-order valence-electron chi connectivity index (χ0n) is 10.1. The van der Waals surface area contributed by atoms with E-state index in [1.165, 1.54) is 0 Å². The first-order valence-corrected chi connectivity index (χ1v) is 7.43. The van der Waals surface area contributed by atoms with Gasteiger partial charge in [0.2, 0.25) is 5.91 Å². The van der Waals surface area contributed by atoms with E-state index >= 15 is 0 Å². The van der Waals surface area contributed by atoms with Gasteiger partial charge in [-0.1, -0.05) is 11.6 Å². The Morgan fingerprint density at radius 3 is 2.56 bits per heavy atom. The molecule has 1 heterocycles. The van der Waals surface area contributed by atoms with Crippen LogP contribution in [0.25, 0.3) is 0 Å². The second-order valence-electron chi connectivity index (χ2n) is 4.46. The first kappa shape index (κ1) is 13.7. The maximum absolute atomic E-state index is 12.0. The fourth-order valence-corrected chi connectivity index (χ4v) is 2.84. The van der Waals surface area contributed by atoms with Gasteiger partial charge >= 0.3 is 0 Å². The molecule has 98 valence electrons. The number of carbonyl (C=O) groups is 1. The Morgan fingerprint density at radius 2 is 1.94 bits per heavy atom. The van der Waals surface area contributed by atoms with Crippen LogP contribution in [0.4, 0.5) is 0 Å². The van der Waals surface area contributed by atoms with E-state index in [9.17, 15) is 4.79 Å². The molecule has 1 saturated heterocycles. The van der Waals surface area contributed by atoms with Crippen LogP contribution in [0.5, 0.6) is 0 Å². The Bertz CT molecular complexity index is 402. The molecule has 3 nitrogen and oxygen atoms in total. The number of thioether (sulfide) groups is 1. The van der Waals surface area contributed by atoms with Crippen molar-refractivity contribution < 1.29 is 4.79 Å². The highest BCUT2D eigenvalue weighted by Gasteiger charge is 2.20. The van der Waals surface area contributed by atoms with Crippen molar-refractivity contribution in [3.8, 4) is 0 Å². The van der Waals surface area contributed by atoms with Crippen molar-refractivity contribution in [1.29, 1.82) is 0 Å². The van der Waals surface area contributed by atoms with Crippen molar-refractivity contribution in [2.75, 3.05) is 18.8 Å². The number of hydrogen-bond acceptors (Lipinski definition) is 3. The minimum Gasteiger partial charge on any atom is -0.342 e. The zero-order valence-corrected chi connectivity index (χ0v) is 11.7. The zero-order chi connectivity index (χ0) is 13.0. The quantitative estimate of drug-likeness (QED) is 0.867. The number of hydrogen-bond donors (Lipinski definition) is 1. The Labute approximate surface area is 117 Å². The van der Waals surface area contributed by atoms with Gasteiger partial charge in [0.25, 0.3) is 0 Å². The van der Waals surface area contributed by atoms with Gasteiger partial charge in [0.1, 0.15) is 0 Å². The topological polar surface area (TPSA) is 46.3 Å². The number of benzene rings is 1. The third-order valence-corrected chi connectivity index (χ3v) is 4.32. The van der Waals surface area contributed by atoms with Crippen molar-refractivity contribution >= 4 is 29.3 Å². The first-order chi connectivity index (χ1) is 8.65. The van der Waals surface area contributed by atoms with E-state index in [2.05, 4.69) is 0 Å². The van der Waals surface area contributed by atoms with Crippen molar-refractivity contribution in [3.05, 3.63) is 29.3 Å². The maximum Gasteiger partial charge on any atom is 0.232 e. The minimum atomic E-state index is 0.196. The molecule has 0 unspecified atom stereocenters. The molecular formula is C13H17ClN2OS. The highest BCUT2D eigenvalue weighted by molar-refractivity contribution is 8.00. The molecule has 1 aromatic carbocycles. The number of likely N-dealkylation sites (tertiary alicyclic amines) is 1. The van der Waals surface area contributed by atoms with Crippen LogP contribution in [0, 0.1) is 0 Å². The summed E-state index contributed by atoms with van der Waals surface area (Å²) in [6.07, 6.45) is 1.83. The van der Waals surface area contributed by atoms with Gasteiger partial charge in [-0.15, -0.1) is 11.8 Å². The molecule has 1 amide bonds. The van der Waals surface area contributed by atoms with E-state index in [1.54, 1.807) is 11.8 Å². The van der Waals surface area contributed by atoms with Gasteiger partial charge in [-0.2, -0.15) is 0 Å². The summed E-state index contributed by atoms with van der Waals surface area (Å²) < 4.78 is 0. The van der Waals surface area contributed by atoms with Crippen LogP contribution >= 0.6 is 23.4 Å². The number of nitrogens with zero attached hydrogens (tertiary/aromatic N) is 1. The van der Waals surface area contributed by atoms with Crippen LogP contribution in [0.3, 0.4) is 0 Å². The molecular weight excluding hydrogens is 268 g/mol. The van der Waals surface area contributed by atoms with Gasteiger partial charge in [-0.3, -0.25) is 4.79 Å². The number of piperidine rings is 1. The number of rotatable bonds is 3. The Balaban J connectivity index is 1.79. The summed E-state index contributed by atoms with van der Waals surface area (Å²) >= 11 is 7.36. The predicted molar refractivity (Wildman–Crippen MR) is 76.0 cm³/mol. The summed E-state index contributed by atoms with van der Waals surface area (Å²) in [5.74, 6) is 0.679. The summed E-state index contributed by atoms with van der Waals surface area (Å²) in [4.78, 5) is 15.0. The second-order valence-corrected chi connectivity index (χ2v) is 5.95. The van der Waals surface area contributed by atoms with Gasteiger partial charge in [0, 0.05) is 29.0 Å². The molecule has 0 bridgehead atoms. The van der Waals surface area contributed by atoms with Crippen molar-refractivity contribution in [2.45, 2.75) is 23.8 Å². The molecule has 0 saturated carbocycles. The normalized spacial score (nSPS) is 16.9. The van der Waals surface area contributed by atoms with E-state index in [1.807, 2.05) is 29.2 Å². The summed E-state index contributed by atoms with van der Waals surface area (Å²) in [6, 6.07) is 7.82. The molecule has 0 radical (unpaired) electrons. The SMILES string of the molecule is NC1CCN(C(=O)CSc2ccc(Cl)cc2)CC1. The van der Waals surface area contributed by atoms with Crippen LogP contribution in [0.2, 0.25) is 5.02 Å². The molecule has 2 N–H and O–H groups in total. The van der Waals surface area contributed by atoms with E-state index in [0.29, 0.717) is 5.75 Å². The van der Waals surface area contributed by atoms with E-state index in [0.717, 1.165) is 35.8 Å². The summed E-state index contributed by atoms with van der Waals surface area (Å²) in [7, 11) is 0. The van der Waals surface area contributed by atoms with E-state index in [-0.39, 0.29) is 11.9 Å². The van der Waals surface area contributed by atoms with Crippen molar-refractivity contribution in [1.82, 2.24) is 4.90 Å². The minimum absolute atomic E-state index is 0.196. The second kappa shape index (κ2) is 6.45. The molecule has 0 aliphatic carbocycles. The number of carbonyl (C=O) groups excluding carboxylic acids is 1. The van der Waals surface area contributed by atoms with Crippen molar-refractivity contribution in [3.63, 3.8) is 0 Å². The Hall–Kier alpha value is -0.710. The van der Waals surface area contributed by atoms with Gasteiger partial charge in [0.15, 0.2) is 0 Å². The lowest BCUT2D eigenvalue weighted by molar-refractivity contribution is -0.129. The van der Waals surface area contributed by atoms with E-state index < -0.39 is 0 Å². The van der Waals surface area contributed by atoms with Gasteiger partial charge in [0.05, 0.1) is 5.75 Å². The standard InChI is InChI=1S/C13H17ClN2OS/c14-10-1-3-12(4-2-10)18-9-13(17)16-7-5-11(15)6-8-16/h1-4,11H,5-9,15H2. The molecule has 0 atom stereocenters. The third-order valence-electron chi connectivity index (χ3n) is 3.07. The Kier molecular flexibility index (Phi) is 4.92. The molecule has 1 fully saturated rings. The Morgan fingerprint density at radius 1 is 1.33 bits per heavy atom. The van der Waals surface area contributed by atoms with Crippen molar-refractivity contribution in [2.24, 2.45) is 5.73 Å². The molecule has 1 aromatic rings. The molecule has 0 aromatic heterocycles. The largest absolute Gasteiger partial charge is 0.342 e. The number of amides is 1. The van der Waals surface area contributed by atoms with Gasteiger partial charge in [-0.05, 0) is 37.1 Å². The van der Waals surface area contributed by atoms with Crippen LogP contribution in [0.15, 0.2) is 29.2 Å². The molecule has 0 spiro atoms. The molecule has 1 aliphatic rings. The molecule has 1 aliphatic heterocycles. The lowest BCUT2D eigenvalue weighted by atomic mass is 10.1. The molecule has 2 rings (SSSR count). The van der Waals surface area contributed by atoms with Gasteiger partial charge in [-0.25, -0.2) is 0 Å².